The van der Waals surface area contributed by atoms with E-state index in [1.807, 2.05) is 0 Å². The summed E-state index contributed by atoms with van der Waals surface area (Å²) < 4.78 is 36.0. The van der Waals surface area contributed by atoms with Gasteiger partial charge < -0.3 is 20.4 Å². The molecule has 0 aromatic carbocycles. The van der Waals surface area contributed by atoms with Gasteiger partial charge in [-0.15, -0.1) is 0 Å². The molecule has 6 nitrogen and oxygen atoms in total. The Morgan fingerprint density at radius 2 is 1.85 bits per heavy atom. The maximum absolute atomic E-state index is 12.0. The molecule has 1 saturated heterocycles. The van der Waals surface area contributed by atoms with Crippen LogP contribution in [0.4, 0.5) is 13.2 Å². The third-order valence-corrected chi connectivity index (χ3v) is 3.19. The van der Waals surface area contributed by atoms with Crippen molar-refractivity contribution in [3.05, 3.63) is 0 Å². The van der Waals surface area contributed by atoms with Crippen molar-refractivity contribution in [3.63, 3.8) is 0 Å². The number of alkyl halides is 3. The van der Waals surface area contributed by atoms with Gasteiger partial charge in [-0.05, 0) is 12.8 Å². The van der Waals surface area contributed by atoms with E-state index in [4.69, 9.17) is 10.2 Å². The van der Waals surface area contributed by atoms with E-state index in [2.05, 4.69) is 5.32 Å². The number of hydrogen-bond donors (Lipinski definition) is 3. The molecule has 1 aliphatic rings. The number of nitrogens with zero attached hydrogens (tertiary/aromatic N) is 1. The predicted octanol–water partition coefficient (Wildman–Crippen LogP) is -0.178. The van der Waals surface area contributed by atoms with Crippen LogP contribution in [-0.2, 0) is 9.59 Å². The number of likely N-dealkylation sites (tertiary alicyclic amines) is 1. The van der Waals surface area contributed by atoms with Crippen LogP contribution in [0.1, 0.15) is 12.8 Å². The predicted molar refractivity (Wildman–Crippen MR) is 61.9 cm³/mol. The number of rotatable bonds is 5. The molecular formula is C11H17F3N2O4. The second kappa shape index (κ2) is 6.89. The second-order valence-corrected chi connectivity index (χ2v) is 4.68. The van der Waals surface area contributed by atoms with Crippen LogP contribution in [0, 0.1) is 5.92 Å². The molecule has 1 amide bonds. The average Bonchev–Trinajstić information content (AvgIpc) is 2.37. The smallest absolute Gasteiger partial charge is 0.415 e. The Labute approximate surface area is 113 Å². The molecule has 0 spiro atoms. The minimum absolute atomic E-state index is 0.277. The van der Waals surface area contributed by atoms with E-state index in [0.29, 0.717) is 12.8 Å². The number of halogens is 3. The molecule has 0 bridgehead atoms. The van der Waals surface area contributed by atoms with Gasteiger partial charge >= 0.3 is 12.1 Å². The normalized spacial score (nSPS) is 18.9. The monoisotopic (exact) mass is 298 g/mol. The number of aliphatic hydroxyl groups is 1. The molecule has 9 heteroatoms. The number of nitrogens with one attached hydrogen (secondary N) is 1. The van der Waals surface area contributed by atoms with Crippen LogP contribution in [-0.4, -0.2) is 65.4 Å². The minimum atomic E-state index is -4.71. The fourth-order valence-electron chi connectivity index (χ4n) is 1.92. The van der Waals surface area contributed by atoms with Gasteiger partial charge in [0.1, 0.15) is 0 Å². The maximum atomic E-state index is 12.0. The SMILES string of the molecule is O=C(O)C1CCN(C(=O)CNCC(O)C(F)(F)F)CC1. The number of hydrogen-bond acceptors (Lipinski definition) is 4. The Morgan fingerprint density at radius 1 is 1.30 bits per heavy atom. The van der Waals surface area contributed by atoms with E-state index in [9.17, 15) is 22.8 Å². The standard InChI is InChI=1S/C11H17F3N2O4/c12-11(13,14)8(17)5-15-6-9(18)16-3-1-7(2-4-16)10(19)20/h7-8,15,17H,1-6H2,(H,19,20). The molecule has 1 atom stereocenters. The van der Waals surface area contributed by atoms with Gasteiger partial charge in [0.15, 0.2) is 6.10 Å². The lowest BCUT2D eigenvalue weighted by Gasteiger charge is -2.30. The Morgan fingerprint density at radius 3 is 2.30 bits per heavy atom. The zero-order chi connectivity index (χ0) is 15.3. The van der Waals surface area contributed by atoms with Gasteiger partial charge in [0.2, 0.25) is 5.91 Å². The number of amides is 1. The van der Waals surface area contributed by atoms with Crippen LogP contribution in [0.2, 0.25) is 0 Å². The van der Waals surface area contributed by atoms with E-state index in [0.717, 1.165) is 0 Å². The molecule has 0 saturated carbocycles. The maximum Gasteiger partial charge on any atom is 0.415 e. The topological polar surface area (TPSA) is 89.9 Å². The van der Waals surface area contributed by atoms with Crippen LogP contribution >= 0.6 is 0 Å². The number of aliphatic carboxylic acids is 1. The molecule has 1 heterocycles. The molecular weight excluding hydrogens is 281 g/mol. The highest BCUT2D eigenvalue weighted by atomic mass is 19.4. The first-order valence-corrected chi connectivity index (χ1v) is 6.18. The molecule has 20 heavy (non-hydrogen) atoms. The van der Waals surface area contributed by atoms with Gasteiger partial charge in [0, 0.05) is 19.6 Å². The molecule has 3 N–H and O–H groups in total. The van der Waals surface area contributed by atoms with Crippen molar-refractivity contribution in [3.8, 4) is 0 Å². The van der Waals surface area contributed by atoms with E-state index < -0.39 is 36.6 Å². The van der Waals surface area contributed by atoms with Gasteiger partial charge in [0.05, 0.1) is 12.5 Å². The summed E-state index contributed by atoms with van der Waals surface area (Å²) in [6, 6.07) is 0. The van der Waals surface area contributed by atoms with Gasteiger partial charge in [-0.25, -0.2) is 0 Å². The summed E-state index contributed by atoms with van der Waals surface area (Å²) in [5, 5.41) is 19.8. The zero-order valence-corrected chi connectivity index (χ0v) is 10.7. The van der Waals surface area contributed by atoms with E-state index in [1.54, 1.807) is 0 Å². The second-order valence-electron chi connectivity index (χ2n) is 4.68. The highest BCUT2D eigenvalue weighted by Crippen LogP contribution is 2.19. The summed E-state index contributed by atoms with van der Waals surface area (Å²) in [7, 11) is 0. The number of piperidine rings is 1. The van der Waals surface area contributed by atoms with E-state index in [-0.39, 0.29) is 19.6 Å². The number of carbonyl (C=O) groups excluding carboxylic acids is 1. The highest BCUT2D eigenvalue weighted by Gasteiger charge is 2.37. The largest absolute Gasteiger partial charge is 0.481 e. The molecule has 0 radical (unpaired) electrons. The Kier molecular flexibility index (Phi) is 5.75. The summed E-state index contributed by atoms with van der Waals surface area (Å²) in [5.41, 5.74) is 0. The molecule has 0 aromatic rings. The molecule has 0 aromatic heterocycles. The van der Waals surface area contributed by atoms with Crippen LogP contribution in [0.3, 0.4) is 0 Å². The molecule has 1 aliphatic heterocycles. The van der Waals surface area contributed by atoms with Crippen LogP contribution in [0.25, 0.3) is 0 Å². The molecule has 116 valence electrons. The Hall–Kier alpha value is -1.35. The van der Waals surface area contributed by atoms with E-state index >= 15 is 0 Å². The third-order valence-electron chi connectivity index (χ3n) is 3.19. The lowest BCUT2D eigenvalue weighted by atomic mass is 9.97. The van der Waals surface area contributed by atoms with Crippen molar-refractivity contribution in [2.75, 3.05) is 26.2 Å². The third kappa shape index (κ3) is 4.97. The van der Waals surface area contributed by atoms with Crippen molar-refractivity contribution in [2.45, 2.75) is 25.1 Å². The first-order valence-electron chi connectivity index (χ1n) is 6.18. The number of carboxylic acid groups (broad SMARTS) is 1. The van der Waals surface area contributed by atoms with Gasteiger partial charge in [-0.2, -0.15) is 13.2 Å². The van der Waals surface area contributed by atoms with Crippen LogP contribution in [0.15, 0.2) is 0 Å². The fraction of sp³-hybridized carbons (Fsp3) is 0.818. The summed E-state index contributed by atoms with van der Waals surface area (Å²) in [5.74, 6) is -1.77. The number of carbonyl (C=O) groups is 2. The average molecular weight is 298 g/mol. The molecule has 0 aliphatic carbocycles. The van der Waals surface area contributed by atoms with Gasteiger partial charge in [-0.1, -0.05) is 0 Å². The highest BCUT2D eigenvalue weighted by molar-refractivity contribution is 5.78. The number of aliphatic hydroxyl groups excluding tert-OH is 1. The molecule has 1 rings (SSSR count). The van der Waals surface area contributed by atoms with Crippen molar-refractivity contribution >= 4 is 11.9 Å². The Balaban J connectivity index is 2.26. The Bertz CT molecular complexity index is 354. The minimum Gasteiger partial charge on any atom is -0.481 e. The summed E-state index contributed by atoms with van der Waals surface area (Å²) in [6.07, 6.45) is -6.54. The van der Waals surface area contributed by atoms with Gasteiger partial charge in [-0.3, -0.25) is 9.59 Å². The van der Waals surface area contributed by atoms with Crippen LogP contribution < -0.4 is 5.32 Å². The first-order chi connectivity index (χ1) is 9.21. The fourth-order valence-corrected chi connectivity index (χ4v) is 1.92. The van der Waals surface area contributed by atoms with Crippen molar-refractivity contribution in [2.24, 2.45) is 5.92 Å². The first kappa shape index (κ1) is 16.7. The lowest BCUT2D eigenvalue weighted by molar-refractivity contribution is -0.201. The van der Waals surface area contributed by atoms with Gasteiger partial charge in [0.25, 0.3) is 0 Å². The summed E-state index contributed by atoms with van der Waals surface area (Å²) >= 11 is 0. The van der Waals surface area contributed by atoms with Crippen molar-refractivity contribution in [1.82, 2.24) is 10.2 Å². The summed E-state index contributed by atoms with van der Waals surface area (Å²) in [4.78, 5) is 23.8. The van der Waals surface area contributed by atoms with E-state index in [1.165, 1.54) is 4.90 Å². The van der Waals surface area contributed by atoms with Crippen LogP contribution in [0.5, 0.6) is 0 Å². The molecule has 1 unspecified atom stereocenters. The zero-order valence-electron chi connectivity index (χ0n) is 10.7. The summed E-state index contributed by atoms with van der Waals surface area (Å²) in [6.45, 7) is -0.510. The van der Waals surface area contributed by atoms with Crippen molar-refractivity contribution < 1.29 is 33.0 Å². The number of carboxylic acids is 1. The van der Waals surface area contributed by atoms with Crippen molar-refractivity contribution in [1.29, 1.82) is 0 Å². The lowest BCUT2D eigenvalue weighted by Crippen LogP contribution is -2.46. The quantitative estimate of drug-likeness (QED) is 0.655. The molecule has 1 fully saturated rings.